The summed E-state index contributed by atoms with van der Waals surface area (Å²) >= 11 is 1.42. The Morgan fingerprint density at radius 3 is 2.82 bits per heavy atom. The van der Waals surface area contributed by atoms with Crippen LogP contribution >= 0.6 is 11.3 Å². The highest BCUT2D eigenvalue weighted by molar-refractivity contribution is 7.22. The van der Waals surface area contributed by atoms with Gasteiger partial charge in [-0.1, -0.05) is 11.3 Å². The quantitative estimate of drug-likeness (QED) is 0.935. The minimum atomic E-state index is -0.497. The Bertz CT molecular complexity index is 664. The number of nitrogens with two attached hydrogens (primary N) is 1. The maximum Gasteiger partial charge on any atom is 0.410 e. The van der Waals surface area contributed by atoms with Crippen LogP contribution in [0.25, 0.3) is 10.2 Å². The van der Waals surface area contributed by atoms with Crippen LogP contribution in [0, 0.1) is 0 Å². The van der Waals surface area contributed by atoms with Crippen molar-refractivity contribution in [2.45, 2.75) is 26.4 Å². The molecule has 2 rings (SSSR count). The van der Waals surface area contributed by atoms with Gasteiger partial charge in [-0.15, -0.1) is 0 Å². The molecule has 0 saturated heterocycles. The summed E-state index contributed by atoms with van der Waals surface area (Å²) in [6.45, 7) is 6.34. The number of nitrogens with zero attached hydrogens (tertiary/aromatic N) is 2. The Labute approximate surface area is 133 Å². The molecule has 6 nitrogen and oxygen atoms in total. The van der Waals surface area contributed by atoms with Gasteiger partial charge in [-0.05, 0) is 39.0 Å². The molecule has 0 fully saturated rings. The highest BCUT2D eigenvalue weighted by Gasteiger charge is 2.19. The van der Waals surface area contributed by atoms with Crippen LogP contribution in [0.4, 0.5) is 9.93 Å². The zero-order valence-corrected chi connectivity index (χ0v) is 14.1. The van der Waals surface area contributed by atoms with E-state index in [1.165, 1.54) is 16.2 Å². The number of ether oxygens (including phenoxy) is 2. The van der Waals surface area contributed by atoms with E-state index in [0.29, 0.717) is 18.3 Å². The fourth-order valence-electron chi connectivity index (χ4n) is 1.74. The number of hydrogen-bond acceptors (Lipinski definition) is 6. The lowest BCUT2D eigenvalue weighted by molar-refractivity contribution is 0.0278. The third kappa shape index (κ3) is 4.49. The van der Waals surface area contributed by atoms with Crippen molar-refractivity contribution in [2.75, 3.05) is 25.9 Å². The number of fused-ring (bicyclic) bond motifs is 1. The number of nitrogen functional groups attached to an aromatic ring is 1. The number of hydrogen-bond donors (Lipinski definition) is 1. The number of aromatic nitrogens is 1. The molecule has 7 heteroatoms. The third-order valence-corrected chi connectivity index (χ3v) is 3.62. The molecule has 0 atom stereocenters. The van der Waals surface area contributed by atoms with Gasteiger partial charge in [0.2, 0.25) is 0 Å². The molecule has 0 spiro atoms. The summed E-state index contributed by atoms with van der Waals surface area (Å²) in [5.41, 5.74) is 6.04. The van der Waals surface area contributed by atoms with Gasteiger partial charge in [0.15, 0.2) is 5.13 Å². The van der Waals surface area contributed by atoms with Crippen molar-refractivity contribution in [3.8, 4) is 5.75 Å². The first-order valence-corrected chi connectivity index (χ1v) is 7.79. The Balaban J connectivity index is 1.85. The normalized spacial score (nSPS) is 11.5. The maximum absolute atomic E-state index is 11.8. The summed E-state index contributed by atoms with van der Waals surface area (Å²) in [4.78, 5) is 17.5. The van der Waals surface area contributed by atoms with Gasteiger partial charge < -0.3 is 20.1 Å². The second-order valence-corrected chi connectivity index (χ2v) is 6.99. The summed E-state index contributed by atoms with van der Waals surface area (Å²) in [6.07, 6.45) is -0.359. The van der Waals surface area contributed by atoms with Gasteiger partial charge in [-0.25, -0.2) is 9.78 Å². The molecule has 0 bridgehead atoms. The minimum Gasteiger partial charge on any atom is -0.492 e. The van der Waals surface area contributed by atoms with Gasteiger partial charge in [0.25, 0.3) is 0 Å². The smallest absolute Gasteiger partial charge is 0.410 e. The van der Waals surface area contributed by atoms with Gasteiger partial charge in [0.1, 0.15) is 18.0 Å². The number of carbonyl (C=O) groups is 1. The summed E-state index contributed by atoms with van der Waals surface area (Å²) in [5.74, 6) is 0.730. The van der Waals surface area contributed by atoms with Crippen LogP contribution in [-0.2, 0) is 4.74 Å². The minimum absolute atomic E-state index is 0.359. The van der Waals surface area contributed by atoms with Crippen LogP contribution in [0.5, 0.6) is 5.75 Å². The molecule has 0 radical (unpaired) electrons. The van der Waals surface area contributed by atoms with Crippen molar-refractivity contribution in [3.63, 3.8) is 0 Å². The average molecular weight is 323 g/mol. The summed E-state index contributed by atoms with van der Waals surface area (Å²) in [5, 5.41) is 0.539. The third-order valence-electron chi connectivity index (χ3n) is 2.78. The highest BCUT2D eigenvalue weighted by atomic mass is 32.1. The van der Waals surface area contributed by atoms with E-state index in [0.717, 1.165) is 16.0 Å². The average Bonchev–Trinajstić information content (AvgIpc) is 2.75. The molecule has 2 N–H and O–H groups in total. The van der Waals surface area contributed by atoms with Gasteiger partial charge >= 0.3 is 6.09 Å². The van der Waals surface area contributed by atoms with Gasteiger partial charge in [-0.3, -0.25) is 0 Å². The molecule has 0 unspecified atom stereocenters. The maximum atomic E-state index is 11.8. The van der Waals surface area contributed by atoms with E-state index in [1.54, 1.807) is 7.05 Å². The molecule has 22 heavy (non-hydrogen) atoms. The first-order valence-electron chi connectivity index (χ1n) is 6.97. The van der Waals surface area contributed by atoms with Crippen molar-refractivity contribution < 1.29 is 14.3 Å². The van der Waals surface area contributed by atoms with E-state index in [9.17, 15) is 4.79 Å². The molecule has 0 aliphatic carbocycles. The number of benzene rings is 1. The standard InChI is InChI=1S/C15H21N3O3S/c1-15(2,3)21-14(19)18(4)7-8-20-10-5-6-11-12(9-10)22-13(16)17-11/h5-6,9H,7-8H2,1-4H3,(H2,16,17). The van der Waals surface area contributed by atoms with E-state index in [1.807, 2.05) is 39.0 Å². The number of thiazole rings is 1. The molecule has 1 aromatic heterocycles. The topological polar surface area (TPSA) is 77.7 Å². The molecule has 0 aliphatic heterocycles. The van der Waals surface area contributed by atoms with Crippen molar-refractivity contribution in [2.24, 2.45) is 0 Å². The summed E-state index contributed by atoms with van der Waals surface area (Å²) in [7, 11) is 1.69. The fraction of sp³-hybridized carbons (Fsp3) is 0.467. The Hall–Kier alpha value is -2.02. The fourth-order valence-corrected chi connectivity index (χ4v) is 2.51. The SMILES string of the molecule is CN(CCOc1ccc2nc(N)sc2c1)C(=O)OC(C)(C)C. The van der Waals surface area contributed by atoms with Crippen molar-refractivity contribution >= 4 is 32.8 Å². The largest absolute Gasteiger partial charge is 0.492 e. The van der Waals surface area contributed by atoms with Gasteiger partial charge in [-0.2, -0.15) is 0 Å². The van der Waals surface area contributed by atoms with E-state index in [-0.39, 0.29) is 6.09 Å². The molecular formula is C15H21N3O3S. The predicted octanol–water partition coefficient (Wildman–Crippen LogP) is 3.12. The first-order chi connectivity index (χ1) is 10.2. The molecular weight excluding hydrogens is 302 g/mol. The van der Waals surface area contributed by atoms with Crippen molar-refractivity contribution in [1.29, 1.82) is 0 Å². The highest BCUT2D eigenvalue weighted by Crippen LogP contribution is 2.27. The van der Waals surface area contributed by atoms with Crippen molar-refractivity contribution in [3.05, 3.63) is 18.2 Å². The van der Waals surface area contributed by atoms with Gasteiger partial charge in [0.05, 0.1) is 16.8 Å². The van der Waals surface area contributed by atoms with Crippen LogP contribution in [0.1, 0.15) is 20.8 Å². The zero-order valence-electron chi connectivity index (χ0n) is 13.3. The molecule has 0 saturated carbocycles. The molecule has 1 heterocycles. The second-order valence-electron chi connectivity index (χ2n) is 5.93. The van der Waals surface area contributed by atoms with E-state index >= 15 is 0 Å². The first kappa shape index (κ1) is 16.4. The van der Waals surface area contributed by atoms with Crippen LogP contribution in [0.3, 0.4) is 0 Å². The van der Waals surface area contributed by atoms with E-state index in [4.69, 9.17) is 15.2 Å². The lowest BCUT2D eigenvalue weighted by atomic mass is 10.2. The van der Waals surface area contributed by atoms with Crippen molar-refractivity contribution in [1.82, 2.24) is 9.88 Å². The number of likely N-dealkylation sites (N-methyl/N-ethyl adjacent to an activating group) is 1. The summed E-state index contributed by atoms with van der Waals surface area (Å²) in [6, 6.07) is 5.61. The second kappa shape index (κ2) is 6.39. The molecule has 0 aliphatic rings. The number of amides is 1. The van der Waals surface area contributed by atoms with Crippen LogP contribution < -0.4 is 10.5 Å². The molecule has 2 aromatic rings. The molecule has 120 valence electrons. The van der Waals surface area contributed by atoms with Crippen LogP contribution in [-0.4, -0.2) is 41.8 Å². The summed E-state index contributed by atoms with van der Waals surface area (Å²) < 4.78 is 11.9. The Morgan fingerprint density at radius 1 is 1.41 bits per heavy atom. The van der Waals surface area contributed by atoms with Gasteiger partial charge in [0, 0.05) is 7.05 Å². The molecule has 1 aromatic carbocycles. The number of carbonyl (C=O) groups excluding carboxylic acids is 1. The Morgan fingerprint density at radius 2 is 2.14 bits per heavy atom. The molecule has 1 amide bonds. The predicted molar refractivity (Wildman–Crippen MR) is 88.4 cm³/mol. The monoisotopic (exact) mass is 323 g/mol. The zero-order chi connectivity index (χ0) is 16.3. The van der Waals surface area contributed by atoms with E-state index < -0.39 is 5.60 Å². The van der Waals surface area contributed by atoms with Crippen LogP contribution in [0.2, 0.25) is 0 Å². The lowest BCUT2D eigenvalue weighted by Gasteiger charge is -2.24. The lowest BCUT2D eigenvalue weighted by Crippen LogP contribution is -2.36. The number of anilines is 1. The van der Waals surface area contributed by atoms with E-state index in [2.05, 4.69) is 4.98 Å². The van der Waals surface area contributed by atoms with Crippen LogP contribution in [0.15, 0.2) is 18.2 Å². The Kier molecular flexibility index (Phi) is 4.75. The number of rotatable bonds is 4.